The largest absolute Gasteiger partial charge is 0.442 e. The number of carbonyl (C=O) groups excluding carboxylic acids is 1. The van der Waals surface area contributed by atoms with Crippen LogP contribution in [0.2, 0.25) is 0 Å². The lowest BCUT2D eigenvalue weighted by Crippen LogP contribution is -2.39. The Balaban J connectivity index is 1.39. The van der Waals surface area contributed by atoms with E-state index in [-0.39, 0.29) is 24.1 Å². The van der Waals surface area contributed by atoms with Gasteiger partial charge in [-0.25, -0.2) is 14.2 Å². The fraction of sp³-hybridized carbons (Fsp3) is 0.450. The summed E-state index contributed by atoms with van der Waals surface area (Å²) in [4.78, 5) is 25.2. The van der Waals surface area contributed by atoms with Crippen LogP contribution < -0.4 is 4.90 Å². The molecule has 6 nitrogen and oxygen atoms in total. The van der Waals surface area contributed by atoms with Crippen LogP contribution in [0.1, 0.15) is 23.4 Å². The molecule has 2 saturated heterocycles. The first-order valence-corrected chi connectivity index (χ1v) is 9.28. The van der Waals surface area contributed by atoms with Crippen molar-refractivity contribution >= 4 is 11.9 Å². The molecule has 2 aliphatic heterocycles. The fourth-order valence-corrected chi connectivity index (χ4v) is 3.86. The van der Waals surface area contributed by atoms with Gasteiger partial charge in [0, 0.05) is 19.3 Å². The van der Waals surface area contributed by atoms with Gasteiger partial charge in [-0.05, 0) is 44.4 Å². The second kappa shape index (κ2) is 7.13. The fourth-order valence-electron chi connectivity index (χ4n) is 3.86. The van der Waals surface area contributed by atoms with Crippen molar-refractivity contribution in [3.8, 4) is 0 Å². The average Bonchev–Trinajstić information content (AvgIpc) is 3.17. The summed E-state index contributed by atoms with van der Waals surface area (Å²) in [6.07, 6.45) is 3.00. The molecule has 2 fully saturated rings. The molecule has 2 aliphatic rings. The zero-order valence-electron chi connectivity index (χ0n) is 15.6. The van der Waals surface area contributed by atoms with Crippen molar-refractivity contribution in [2.45, 2.75) is 38.8 Å². The summed E-state index contributed by atoms with van der Waals surface area (Å²) < 4.78 is 18.6. The summed E-state index contributed by atoms with van der Waals surface area (Å²) in [5.74, 6) is 0.636. The van der Waals surface area contributed by atoms with Crippen LogP contribution in [-0.4, -0.2) is 52.7 Å². The van der Waals surface area contributed by atoms with E-state index in [0.29, 0.717) is 19.6 Å². The first kappa shape index (κ1) is 17.7. The zero-order chi connectivity index (χ0) is 19.0. The Bertz CT molecular complexity index is 842. The van der Waals surface area contributed by atoms with Crippen LogP contribution in [0.4, 0.5) is 15.0 Å². The summed E-state index contributed by atoms with van der Waals surface area (Å²) in [5, 5.41) is 0. The van der Waals surface area contributed by atoms with E-state index in [4.69, 9.17) is 4.74 Å². The first-order chi connectivity index (χ1) is 13.0. The monoisotopic (exact) mass is 370 g/mol. The number of ether oxygens (including phenoxy) is 1. The maximum atomic E-state index is 13.0. The number of anilines is 1. The Hall–Kier alpha value is -2.70. The van der Waals surface area contributed by atoms with Crippen molar-refractivity contribution < 1.29 is 13.9 Å². The lowest BCUT2D eigenvalue weighted by atomic mass is 10.1. The number of amides is 1. The third kappa shape index (κ3) is 3.59. The molecule has 1 amide bonds. The van der Waals surface area contributed by atoms with Gasteiger partial charge in [0.1, 0.15) is 11.9 Å². The molecule has 1 aromatic carbocycles. The predicted molar refractivity (Wildman–Crippen MR) is 99.2 cm³/mol. The SMILES string of the molecule is Cc1cnc(C)c(N2C[C@H]3OC(=O)N(CCCc4ccc(F)cc4)[C@H]3C2)n1. The Morgan fingerprint density at radius 1 is 1.22 bits per heavy atom. The molecule has 0 unspecified atom stereocenters. The lowest BCUT2D eigenvalue weighted by Gasteiger charge is -2.23. The van der Waals surface area contributed by atoms with Crippen LogP contribution in [0.3, 0.4) is 0 Å². The molecule has 3 heterocycles. The van der Waals surface area contributed by atoms with Crippen molar-refractivity contribution in [2.24, 2.45) is 0 Å². The Kier molecular flexibility index (Phi) is 4.68. The summed E-state index contributed by atoms with van der Waals surface area (Å²) in [6, 6.07) is 6.55. The number of hydrogen-bond donors (Lipinski definition) is 0. The average molecular weight is 370 g/mol. The van der Waals surface area contributed by atoms with E-state index in [9.17, 15) is 9.18 Å². The molecule has 0 saturated carbocycles. The van der Waals surface area contributed by atoms with Crippen LogP contribution in [0.25, 0.3) is 0 Å². The van der Waals surface area contributed by atoms with Crippen molar-refractivity contribution in [3.05, 3.63) is 53.2 Å². The first-order valence-electron chi connectivity index (χ1n) is 9.28. The van der Waals surface area contributed by atoms with E-state index < -0.39 is 0 Å². The number of aromatic nitrogens is 2. The van der Waals surface area contributed by atoms with Crippen LogP contribution in [0.5, 0.6) is 0 Å². The van der Waals surface area contributed by atoms with Gasteiger partial charge in [0.2, 0.25) is 0 Å². The van der Waals surface area contributed by atoms with Gasteiger partial charge in [-0.3, -0.25) is 9.88 Å². The molecule has 1 aromatic heterocycles. The summed E-state index contributed by atoms with van der Waals surface area (Å²) in [5.41, 5.74) is 2.83. The summed E-state index contributed by atoms with van der Waals surface area (Å²) in [6.45, 7) is 5.84. The van der Waals surface area contributed by atoms with E-state index in [1.807, 2.05) is 18.7 Å². The van der Waals surface area contributed by atoms with E-state index >= 15 is 0 Å². The normalized spacial score (nSPS) is 21.5. The summed E-state index contributed by atoms with van der Waals surface area (Å²) >= 11 is 0. The maximum Gasteiger partial charge on any atom is 0.410 e. The highest BCUT2D eigenvalue weighted by molar-refractivity contribution is 5.71. The van der Waals surface area contributed by atoms with Crippen molar-refractivity contribution in [1.29, 1.82) is 0 Å². The number of benzene rings is 1. The van der Waals surface area contributed by atoms with E-state index in [1.54, 1.807) is 18.3 Å². The molecule has 0 N–H and O–H groups in total. The minimum Gasteiger partial charge on any atom is -0.442 e. The quantitative estimate of drug-likeness (QED) is 0.810. The van der Waals surface area contributed by atoms with Crippen molar-refractivity contribution in [2.75, 3.05) is 24.5 Å². The highest BCUT2D eigenvalue weighted by Gasteiger charge is 2.47. The topological polar surface area (TPSA) is 58.6 Å². The molecule has 4 rings (SSSR count). The molecule has 27 heavy (non-hydrogen) atoms. The van der Waals surface area contributed by atoms with Gasteiger partial charge in [-0.1, -0.05) is 12.1 Å². The lowest BCUT2D eigenvalue weighted by molar-refractivity contribution is 0.135. The second-order valence-corrected chi connectivity index (χ2v) is 7.24. The molecule has 0 aliphatic carbocycles. The van der Waals surface area contributed by atoms with Gasteiger partial charge in [-0.2, -0.15) is 0 Å². The minimum absolute atomic E-state index is 0.0347. The highest BCUT2D eigenvalue weighted by atomic mass is 19.1. The third-order valence-corrected chi connectivity index (χ3v) is 5.25. The number of carbonyl (C=O) groups is 1. The number of nitrogens with zero attached hydrogens (tertiary/aromatic N) is 4. The number of hydrogen-bond acceptors (Lipinski definition) is 5. The zero-order valence-corrected chi connectivity index (χ0v) is 15.6. The van der Waals surface area contributed by atoms with Crippen molar-refractivity contribution in [3.63, 3.8) is 0 Å². The molecular weight excluding hydrogens is 347 g/mol. The molecule has 2 atom stereocenters. The maximum absolute atomic E-state index is 13.0. The van der Waals surface area contributed by atoms with Gasteiger partial charge < -0.3 is 9.64 Å². The second-order valence-electron chi connectivity index (χ2n) is 7.24. The minimum atomic E-state index is -0.240. The molecule has 0 spiro atoms. The van der Waals surface area contributed by atoms with Crippen LogP contribution in [0, 0.1) is 19.7 Å². The van der Waals surface area contributed by atoms with Gasteiger partial charge in [0.25, 0.3) is 0 Å². The van der Waals surface area contributed by atoms with Gasteiger partial charge in [0.05, 0.1) is 24.0 Å². The molecule has 0 bridgehead atoms. The molecule has 7 heteroatoms. The summed E-state index contributed by atoms with van der Waals surface area (Å²) in [7, 11) is 0. The van der Waals surface area contributed by atoms with Gasteiger partial charge in [0.15, 0.2) is 5.82 Å². The van der Waals surface area contributed by atoms with E-state index in [2.05, 4.69) is 14.9 Å². The van der Waals surface area contributed by atoms with Crippen LogP contribution in [-0.2, 0) is 11.2 Å². The smallest absolute Gasteiger partial charge is 0.410 e. The molecule has 142 valence electrons. The van der Waals surface area contributed by atoms with Gasteiger partial charge in [-0.15, -0.1) is 0 Å². The molecular formula is C20H23FN4O2. The van der Waals surface area contributed by atoms with E-state index in [0.717, 1.165) is 35.6 Å². The Morgan fingerprint density at radius 2 is 2.00 bits per heavy atom. The Labute approximate surface area is 158 Å². The number of aryl methyl sites for hydroxylation is 3. The number of fused-ring (bicyclic) bond motifs is 1. The number of rotatable bonds is 5. The van der Waals surface area contributed by atoms with Crippen molar-refractivity contribution in [1.82, 2.24) is 14.9 Å². The molecule has 0 radical (unpaired) electrons. The number of halogens is 1. The van der Waals surface area contributed by atoms with Crippen LogP contribution >= 0.6 is 0 Å². The molecule has 2 aromatic rings. The van der Waals surface area contributed by atoms with Crippen LogP contribution in [0.15, 0.2) is 30.5 Å². The third-order valence-electron chi connectivity index (χ3n) is 5.25. The highest BCUT2D eigenvalue weighted by Crippen LogP contribution is 2.30. The van der Waals surface area contributed by atoms with Gasteiger partial charge >= 0.3 is 6.09 Å². The predicted octanol–water partition coefficient (Wildman–Crippen LogP) is 2.87. The Morgan fingerprint density at radius 3 is 2.78 bits per heavy atom. The standard InChI is InChI=1S/C20H23FN4O2/c1-13-10-22-14(2)19(23-13)24-11-17-18(12-24)27-20(26)25(17)9-3-4-15-5-7-16(21)8-6-15/h5-8,10,17-18H,3-4,9,11-12H2,1-2H3/t17-,18+/m0/s1. The van der Waals surface area contributed by atoms with E-state index in [1.165, 1.54) is 12.1 Å².